The van der Waals surface area contributed by atoms with Crippen LogP contribution in [0.15, 0.2) is 6.33 Å². The molecule has 1 rings (SSSR count). The highest BCUT2D eigenvalue weighted by molar-refractivity contribution is 5.08. The molecule has 3 heteroatoms. The van der Waals surface area contributed by atoms with Crippen molar-refractivity contribution in [3.63, 3.8) is 0 Å². The zero-order valence-corrected chi connectivity index (χ0v) is 7.20. The Labute approximate surface area is 66.7 Å². The molecule has 1 aromatic heterocycles. The molecule has 0 spiro atoms. The van der Waals surface area contributed by atoms with Gasteiger partial charge >= 0.3 is 0 Å². The lowest BCUT2D eigenvalue weighted by atomic mass is 10.3. The van der Waals surface area contributed by atoms with E-state index in [2.05, 4.69) is 4.98 Å². The lowest BCUT2D eigenvalue weighted by Gasteiger charge is -2.06. The molecular weight excluding hydrogens is 140 g/mol. The molecule has 0 amide bonds. The lowest BCUT2D eigenvalue weighted by molar-refractivity contribution is 0.172. The molecule has 0 saturated heterocycles. The van der Waals surface area contributed by atoms with Gasteiger partial charge in [0, 0.05) is 12.2 Å². The number of hydrogen-bond acceptors (Lipinski definition) is 2. The van der Waals surface area contributed by atoms with Crippen molar-refractivity contribution in [1.29, 1.82) is 0 Å². The summed E-state index contributed by atoms with van der Waals surface area (Å²) in [5.41, 5.74) is 2.16. The van der Waals surface area contributed by atoms with Crippen molar-refractivity contribution >= 4 is 0 Å². The zero-order valence-electron chi connectivity index (χ0n) is 7.20. The minimum absolute atomic E-state index is 0.303. The van der Waals surface area contributed by atoms with Gasteiger partial charge in [0.05, 0.1) is 18.1 Å². The van der Waals surface area contributed by atoms with E-state index in [0.29, 0.717) is 6.54 Å². The Balaban J connectivity index is 2.79. The number of nitrogens with zero attached hydrogens (tertiary/aromatic N) is 2. The topological polar surface area (TPSA) is 38.0 Å². The molecule has 0 bridgehead atoms. The third-order valence-corrected chi connectivity index (χ3v) is 1.81. The summed E-state index contributed by atoms with van der Waals surface area (Å²) in [5.74, 6) is 0. The first-order chi connectivity index (χ1) is 5.11. The fourth-order valence-corrected chi connectivity index (χ4v) is 1.01. The first-order valence-electron chi connectivity index (χ1n) is 3.77. The maximum atomic E-state index is 9.09. The van der Waals surface area contributed by atoms with Crippen molar-refractivity contribution in [3.8, 4) is 0 Å². The summed E-state index contributed by atoms with van der Waals surface area (Å²) in [6.07, 6.45) is 1.46. The van der Waals surface area contributed by atoms with Crippen LogP contribution in [0.5, 0.6) is 0 Å². The summed E-state index contributed by atoms with van der Waals surface area (Å²) in [5, 5.41) is 9.09. The Kier molecular flexibility index (Phi) is 2.29. The van der Waals surface area contributed by atoms with E-state index in [0.717, 1.165) is 11.4 Å². The minimum atomic E-state index is -0.303. The molecule has 0 aliphatic rings. The molecule has 0 aliphatic heterocycles. The molecule has 1 aromatic rings. The van der Waals surface area contributed by atoms with E-state index in [4.69, 9.17) is 5.11 Å². The molecule has 0 aromatic carbocycles. The van der Waals surface area contributed by atoms with Crippen molar-refractivity contribution in [2.75, 3.05) is 0 Å². The van der Waals surface area contributed by atoms with Crippen LogP contribution in [0.4, 0.5) is 0 Å². The van der Waals surface area contributed by atoms with Gasteiger partial charge in [0.1, 0.15) is 0 Å². The number of aliphatic hydroxyl groups excluding tert-OH is 1. The van der Waals surface area contributed by atoms with Gasteiger partial charge in [-0.2, -0.15) is 0 Å². The van der Waals surface area contributed by atoms with Crippen LogP contribution >= 0.6 is 0 Å². The van der Waals surface area contributed by atoms with Gasteiger partial charge in [-0.25, -0.2) is 4.98 Å². The third kappa shape index (κ3) is 1.80. The van der Waals surface area contributed by atoms with E-state index >= 15 is 0 Å². The van der Waals surface area contributed by atoms with Crippen LogP contribution in [0.1, 0.15) is 18.3 Å². The highest BCUT2D eigenvalue weighted by Gasteiger charge is 2.03. The predicted molar refractivity (Wildman–Crippen MR) is 43.4 cm³/mol. The smallest absolute Gasteiger partial charge is 0.0952 e. The molecule has 0 radical (unpaired) electrons. The van der Waals surface area contributed by atoms with Gasteiger partial charge < -0.3 is 9.67 Å². The number of aromatic nitrogens is 2. The Morgan fingerprint density at radius 2 is 2.27 bits per heavy atom. The minimum Gasteiger partial charge on any atom is -0.392 e. The van der Waals surface area contributed by atoms with Gasteiger partial charge in [-0.05, 0) is 20.8 Å². The van der Waals surface area contributed by atoms with E-state index in [1.165, 1.54) is 0 Å². The number of aliphatic hydroxyl groups is 1. The van der Waals surface area contributed by atoms with E-state index in [9.17, 15) is 0 Å². The SMILES string of the molecule is Cc1ncn(C[C@@H](C)O)c1C. The standard InChI is InChI=1S/C8H14N2O/c1-6(11)4-10-5-9-7(2)8(10)3/h5-6,11H,4H2,1-3H3/t6-/m1/s1. The number of rotatable bonds is 2. The fraction of sp³-hybridized carbons (Fsp3) is 0.625. The van der Waals surface area contributed by atoms with Crippen LogP contribution in [0.25, 0.3) is 0 Å². The Bertz CT molecular complexity index is 240. The highest BCUT2D eigenvalue weighted by atomic mass is 16.3. The molecule has 0 unspecified atom stereocenters. The molecule has 1 N–H and O–H groups in total. The number of hydrogen-bond donors (Lipinski definition) is 1. The summed E-state index contributed by atoms with van der Waals surface area (Å²) in [6.45, 7) is 6.38. The summed E-state index contributed by atoms with van der Waals surface area (Å²) in [6, 6.07) is 0. The van der Waals surface area contributed by atoms with E-state index in [-0.39, 0.29) is 6.10 Å². The van der Waals surface area contributed by atoms with Gasteiger partial charge in [-0.3, -0.25) is 0 Å². The van der Waals surface area contributed by atoms with Crippen LogP contribution < -0.4 is 0 Å². The molecule has 0 fully saturated rings. The molecule has 62 valence electrons. The largest absolute Gasteiger partial charge is 0.392 e. The average molecular weight is 154 g/mol. The first kappa shape index (κ1) is 8.27. The van der Waals surface area contributed by atoms with Crippen LogP contribution in [0.3, 0.4) is 0 Å². The predicted octanol–water partition coefficient (Wildman–Crippen LogP) is 0.881. The van der Waals surface area contributed by atoms with Gasteiger partial charge in [0.25, 0.3) is 0 Å². The molecular formula is C8H14N2O. The van der Waals surface area contributed by atoms with Crippen molar-refractivity contribution < 1.29 is 5.11 Å². The van der Waals surface area contributed by atoms with Crippen molar-refractivity contribution in [2.24, 2.45) is 0 Å². The monoisotopic (exact) mass is 154 g/mol. The lowest BCUT2D eigenvalue weighted by Crippen LogP contribution is -2.11. The molecule has 0 saturated carbocycles. The summed E-state index contributed by atoms with van der Waals surface area (Å²) in [7, 11) is 0. The van der Waals surface area contributed by atoms with E-state index in [1.807, 2.05) is 18.4 Å². The number of imidazole rings is 1. The van der Waals surface area contributed by atoms with Crippen LogP contribution in [-0.4, -0.2) is 20.8 Å². The van der Waals surface area contributed by atoms with Gasteiger partial charge in [0.2, 0.25) is 0 Å². The molecule has 0 aliphatic carbocycles. The van der Waals surface area contributed by atoms with Gasteiger partial charge in [0.15, 0.2) is 0 Å². The summed E-state index contributed by atoms with van der Waals surface area (Å²) in [4.78, 5) is 4.12. The molecule has 11 heavy (non-hydrogen) atoms. The van der Waals surface area contributed by atoms with Crippen LogP contribution in [-0.2, 0) is 6.54 Å². The Hall–Kier alpha value is -0.830. The molecule has 1 atom stereocenters. The Morgan fingerprint density at radius 3 is 2.64 bits per heavy atom. The second-order valence-electron chi connectivity index (χ2n) is 2.92. The Morgan fingerprint density at radius 1 is 1.64 bits per heavy atom. The molecule has 3 nitrogen and oxygen atoms in total. The first-order valence-corrected chi connectivity index (χ1v) is 3.77. The third-order valence-electron chi connectivity index (χ3n) is 1.81. The summed E-state index contributed by atoms with van der Waals surface area (Å²) < 4.78 is 1.96. The van der Waals surface area contributed by atoms with Crippen molar-refractivity contribution in [2.45, 2.75) is 33.4 Å². The maximum Gasteiger partial charge on any atom is 0.0952 e. The fourth-order valence-electron chi connectivity index (χ4n) is 1.01. The average Bonchev–Trinajstić information content (AvgIpc) is 2.18. The van der Waals surface area contributed by atoms with Gasteiger partial charge in [-0.1, -0.05) is 0 Å². The van der Waals surface area contributed by atoms with Crippen molar-refractivity contribution in [3.05, 3.63) is 17.7 Å². The van der Waals surface area contributed by atoms with Crippen molar-refractivity contribution in [1.82, 2.24) is 9.55 Å². The zero-order chi connectivity index (χ0) is 8.43. The summed E-state index contributed by atoms with van der Waals surface area (Å²) >= 11 is 0. The number of aryl methyl sites for hydroxylation is 1. The van der Waals surface area contributed by atoms with E-state index in [1.54, 1.807) is 13.3 Å². The second kappa shape index (κ2) is 3.05. The van der Waals surface area contributed by atoms with Gasteiger partial charge in [-0.15, -0.1) is 0 Å². The molecule has 1 heterocycles. The maximum absolute atomic E-state index is 9.09. The highest BCUT2D eigenvalue weighted by Crippen LogP contribution is 2.04. The van der Waals surface area contributed by atoms with Crippen LogP contribution in [0, 0.1) is 13.8 Å². The quantitative estimate of drug-likeness (QED) is 0.686. The second-order valence-corrected chi connectivity index (χ2v) is 2.92. The van der Waals surface area contributed by atoms with E-state index < -0.39 is 0 Å². The normalized spacial score (nSPS) is 13.5. The van der Waals surface area contributed by atoms with Crippen LogP contribution in [0.2, 0.25) is 0 Å².